The van der Waals surface area contributed by atoms with Crippen LogP contribution in [0.5, 0.6) is 0 Å². The van der Waals surface area contributed by atoms with Crippen molar-refractivity contribution in [3.63, 3.8) is 0 Å². The van der Waals surface area contributed by atoms with Crippen molar-refractivity contribution < 1.29 is 5.11 Å². The Morgan fingerprint density at radius 1 is 1.40 bits per heavy atom. The second-order valence-corrected chi connectivity index (χ2v) is 3.08. The molecule has 0 radical (unpaired) electrons. The average molecular weight is 145 g/mol. The Bertz CT molecular complexity index is 83.3. The Morgan fingerprint density at radius 2 is 1.90 bits per heavy atom. The lowest BCUT2D eigenvalue weighted by atomic mass is 9.94. The van der Waals surface area contributed by atoms with Crippen LogP contribution in [0.1, 0.15) is 33.6 Å². The highest BCUT2D eigenvalue weighted by Crippen LogP contribution is 2.10. The molecule has 2 heteroatoms. The minimum absolute atomic E-state index is 0.0556. The molecule has 0 fully saturated rings. The van der Waals surface area contributed by atoms with Crippen LogP contribution >= 0.6 is 0 Å². The van der Waals surface area contributed by atoms with Crippen molar-refractivity contribution in [2.24, 2.45) is 11.7 Å². The summed E-state index contributed by atoms with van der Waals surface area (Å²) in [6.45, 7) is 5.96. The fourth-order valence-electron chi connectivity index (χ4n) is 1.12. The standard InChI is InChI=1S/C8H19NO/c1-4-5-6(2)8(9)7(3)10/h6-8,10H,4-5,9H2,1-3H3. The summed E-state index contributed by atoms with van der Waals surface area (Å²) in [7, 11) is 0. The number of aliphatic hydroxyl groups excluding tert-OH is 1. The van der Waals surface area contributed by atoms with Gasteiger partial charge in [-0.15, -0.1) is 0 Å². The first-order chi connectivity index (χ1) is 4.59. The molecule has 0 aromatic rings. The topological polar surface area (TPSA) is 46.2 Å². The minimum Gasteiger partial charge on any atom is -0.392 e. The van der Waals surface area contributed by atoms with E-state index in [2.05, 4.69) is 13.8 Å². The zero-order valence-corrected chi connectivity index (χ0v) is 7.17. The third kappa shape index (κ3) is 3.18. The number of rotatable bonds is 4. The third-order valence-corrected chi connectivity index (χ3v) is 1.96. The predicted molar refractivity (Wildman–Crippen MR) is 43.7 cm³/mol. The molecular weight excluding hydrogens is 126 g/mol. The molecule has 10 heavy (non-hydrogen) atoms. The summed E-state index contributed by atoms with van der Waals surface area (Å²) in [5.41, 5.74) is 5.70. The van der Waals surface area contributed by atoms with E-state index in [0.717, 1.165) is 12.8 Å². The van der Waals surface area contributed by atoms with E-state index in [1.807, 2.05) is 0 Å². The van der Waals surface area contributed by atoms with Gasteiger partial charge in [-0.25, -0.2) is 0 Å². The van der Waals surface area contributed by atoms with Crippen LogP contribution in [0.4, 0.5) is 0 Å². The van der Waals surface area contributed by atoms with E-state index in [0.29, 0.717) is 5.92 Å². The largest absolute Gasteiger partial charge is 0.392 e. The van der Waals surface area contributed by atoms with Crippen LogP contribution in [-0.4, -0.2) is 17.3 Å². The Balaban J connectivity index is 3.58. The molecule has 0 bridgehead atoms. The van der Waals surface area contributed by atoms with Crippen LogP contribution in [-0.2, 0) is 0 Å². The van der Waals surface area contributed by atoms with Crippen LogP contribution in [0.3, 0.4) is 0 Å². The monoisotopic (exact) mass is 145 g/mol. The highest BCUT2D eigenvalue weighted by atomic mass is 16.3. The fraction of sp³-hybridized carbons (Fsp3) is 1.00. The van der Waals surface area contributed by atoms with E-state index in [1.54, 1.807) is 6.92 Å². The maximum Gasteiger partial charge on any atom is 0.0665 e. The molecule has 3 atom stereocenters. The van der Waals surface area contributed by atoms with Gasteiger partial charge in [0, 0.05) is 6.04 Å². The van der Waals surface area contributed by atoms with Gasteiger partial charge in [0.15, 0.2) is 0 Å². The molecule has 0 aliphatic rings. The molecule has 3 unspecified atom stereocenters. The van der Waals surface area contributed by atoms with Crippen molar-refractivity contribution in [1.29, 1.82) is 0 Å². The van der Waals surface area contributed by atoms with Crippen molar-refractivity contribution in [2.45, 2.75) is 45.8 Å². The maximum absolute atomic E-state index is 9.09. The zero-order valence-electron chi connectivity index (χ0n) is 7.17. The van der Waals surface area contributed by atoms with E-state index in [1.165, 1.54) is 0 Å². The average Bonchev–Trinajstić information content (AvgIpc) is 1.87. The molecule has 0 saturated carbocycles. The molecule has 0 spiro atoms. The molecule has 62 valence electrons. The van der Waals surface area contributed by atoms with Gasteiger partial charge >= 0.3 is 0 Å². The molecule has 0 aromatic heterocycles. The molecule has 3 N–H and O–H groups in total. The summed E-state index contributed by atoms with van der Waals surface area (Å²) in [5, 5.41) is 9.09. The molecule has 0 saturated heterocycles. The van der Waals surface area contributed by atoms with Gasteiger partial charge < -0.3 is 10.8 Å². The van der Waals surface area contributed by atoms with Crippen LogP contribution in [0.15, 0.2) is 0 Å². The summed E-state index contributed by atoms with van der Waals surface area (Å²) in [6, 6.07) is -0.0556. The Morgan fingerprint density at radius 3 is 2.20 bits per heavy atom. The van der Waals surface area contributed by atoms with Gasteiger partial charge in [-0.1, -0.05) is 20.3 Å². The normalized spacial score (nSPS) is 20.1. The van der Waals surface area contributed by atoms with Crippen molar-refractivity contribution in [2.75, 3.05) is 0 Å². The lowest BCUT2D eigenvalue weighted by molar-refractivity contribution is 0.135. The molecule has 0 heterocycles. The zero-order chi connectivity index (χ0) is 8.15. The molecule has 0 aromatic carbocycles. The molecule has 0 aliphatic heterocycles. The van der Waals surface area contributed by atoms with E-state index in [9.17, 15) is 0 Å². The highest BCUT2D eigenvalue weighted by molar-refractivity contribution is 4.73. The van der Waals surface area contributed by atoms with Crippen LogP contribution < -0.4 is 5.73 Å². The van der Waals surface area contributed by atoms with Gasteiger partial charge in [-0.05, 0) is 19.3 Å². The van der Waals surface area contributed by atoms with Gasteiger partial charge in [0.25, 0.3) is 0 Å². The van der Waals surface area contributed by atoms with Crippen LogP contribution in [0, 0.1) is 5.92 Å². The summed E-state index contributed by atoms with van der Waals surface area (Å²) >= 11 is 0. The second-order valence-electron chi connectivity index (χ2n) is 3.08. The number of aliphatic hydroxyl groups is 1. The van der Waals surface area contributed by atoms with Gasteiger partial charge in [0.05, 0.1) is 6.10 Å². The fourth-order valence-corrected chi connectivity index (χ4v) is 1.12. The number of nitrogens with two attached hydrogens (primary N) is 1. The van der Waals surface area contributed by atoms with Crippen molar-refractivity contribution >= 4 is 0 Å². The smallest absolute Gasteiger partial charge is 0.0665 e. The number of hydrogen-bond donors (Lipinski definition) is 2. The molecule has 0 aliphatic carbocycles. The second kappa shape index (κ2) is 4.69. The van der Waals surface area contributed by atoms with Gasteiger partial charge in [0.2, 0.25) is 0 Å². The Kier molecular flexibility index (Phi) is 4.65. The van der Waals surface area contributed by atoms with Gasteiger partial charge in [-0.2, -0.15) is 0 Å². The van der Waals surface area contributed by atoms with Gasteiger partial charge in [0.1, 0.15) is 0 Å². The molecule has 2 nitrogen and oxygen atoms in total. The van der Waals surface area contributed by atoms with Crippen LogP contribution in [0.2, 0.25) is 0 Å². The van der Waals surface area contributed by atoms with Crippen molar-refractivity contribution in [1.82, 2.24) is 0 Å². The third-order valence-electron chi connectivity index (χ3n) is 1.96. The summed E-state index contributed by atoms with van der Waals surface area (Å²) in [6.07, 6.45) is 1.87. The van der Waals surface area contributed by atoms with E-state index in [4.69, 9.17) is 10.8 Å². The van der Waals surface area contributed by atoms with Crippen LogP contribution in [0.25, 0.3) is 0 Å². The first-order valence-corrected chi connectivity index (χ1v) is 4.03. The summed E-state index contributed by atoms with van der Waals surface area (Å²) < 4.78 is 0. The Hall–Kier alpha value is -0.0800. The lowest BCUT2D eigenvalue weighted by Gasteiger charge is -2.21. The number of hydrogen-bond acceptors (Lipinski definition) is 2. The van der Waals surface area contributed by atoms with Gasteiger partial charge in [-0.3, -0.25) is 0 Å². The van der Waals surface area contributed by atoms with Crippen molar-refractivity contribution in [3.8, 4) is 0 Å². The molecule has 0 rings (SSSR count). The van der Waals surface area contributed by atoms with E-state index < -0.39 is 0 Å². The van der Waals surface area contributed by atoms with Crippen molar-refractivity contribution in [3.05, 3.63) is 0 Å². The van der Waals surface area contributed by atoms with E-state index in [-0.39, 0.29) is 12.1 Å². The minimum atomic E-state index is -0.374. The molecule has 0 amide bonds. The lowest BCUT2D eigenvalue weighted by Crippen LogP contribution is -2.38. The summed E-state index contributed by atoms with van der Waals surface area (Å²) in [5.74, 6) is 0.435. The first kappa shape index (κ1) is 9.92. The molecular formula is C8H19NO. The SMILES string of the molecule is CCCC(C)C(N)C(C)O. The maximum atomic E-state index is 9.09. The Labute approximate surface area is 63.4 Å². The summed E-state index contributed by atoms with van der Waals surface area (Å²) in [4.78, 5) is 0. The quantitative estimate of drug-likeness (QED) is 0.623. The predicted octanol–water partition coefficient (Wildman–Crippen LogP) is 1.13. The highest BCUT2D eigenvalue weighted by Gasteiger charge is 2.15. The first-order valence-electron chi connectivity index (χ1n) is 4.03. The van der Waals surface area contributed by atoms with E-state index >= 15 is 0 Å².